The number of carbonyl (C=O) groups is 1. The molecule has 9 heteroatoms. The minimum atomic E-state index is -0.0818. The number of aliphatic hydroxyl groups is 1. The number of nitrogens with zero attached hydrogens (tertiary/aromatic N) is 4. The molecule has 0 radical (unpaired) electrons. The van der Waals surface area contributed by atoms with Crippen LogP contribution in [0.2, 0.25) is 0 Å². The molecule has 8 nitrogen and oxygen atoms in total. The Morgan fingerprint density at radius 1 is 1.24 bits per heavy atom. The van der Waals surface area contributed by atoms with Gasteiger partial charge in [0, 0.05) is 29.4 Å². The SMILES string of the molecule is Cc1nnc2n1-c1sc3c(c1C(c1ccccc1CO)NC2)CC(C(=O)N1CCOCC1)C3. The second-order valence-corrected chi connectivity index (χ2v) is 10.0. The predicted octanol–water partition coefficient (Wildman–Crippen LogP) is 1.90. The van der Waals surface area contributed by atoms with Crippen LogP contribution in [0.15, 0.2) is 24.3 Å². The molecule has 1 fully saturated rings. The molecule has 2 N–H and O–H groups in total. The summed E-state index contributed by atoms with van der Waals surface area (Å²) in [6.45, 7) is 5.15. The first-order valence-corrected chi connectivity index (χ1v) is 12.3. The van der Waals surface area contributed by atoms with Gasteiger partial charge in [0.05, 0.1) is 32.4 Å². The third kappa shape index (κ3) is 3.42. The highest BCUT2D eigenvalue weighted by molar-refractivity contribution is 7.15. The zero-order chi connectivity index (χ0) is 22.5. The van der Waals surface area contributed by atoms with Gasteiger partial charge in [0.2, 0.25) is 5.91 Å². The zero-order valence-electron chi connectivity index (χ0n) is 18.6. The quantitative estimate of drug-likeness (QED) is 0.614. The molecule has 2 atom stereocenters. The number of hydrogen-bond acceptors (Lipinski definition) is 7. The lowest BCUT2D eigenvalue weighted by atomic mass is 9.92. The van der Waals surface area contributed by atoms with Crippen molar-refractivity contribution in [1.29, 1.82) is 0 Å². The molecule has 1 aliphatic carbocycles. The van der Waals surface area contributed by atoms with E-state index < -0.39 is 0 Å². The van der Waals surface area contributed by atoms with Crippen molar-refractivity contribution in [3.63, 3.8) is 0 Å². The summed E-state index contributed by atoms with van der Waals surface area (Å²) in [6, 6.07) is 7.96. The molecule has 3 aromatic rings. The Morgan fingerprint density at radius 2 is 2.06 bits per heavy atom. The molecule has 1 aromatic carbocycles. The molecule has 4 heterocycles. The van der Waals surface area contributed by atoms with E-state index in [1.165, 1.54) is 16.0 Å². The van der Waals surface area contributed by atoms with Crippen molar-refractivity contribution in [3.05, 3.63) is 63.0 Å². The van der Waals surface area contributed by atoms with E-state index in [4.69, 9.17) is 4.74 Å². The Bertz CT molecular complexity index is 1210. The Kier molecular flexibility index (Phi) is 5.29. The summed E-state index contributed by atoms with van der Waals surface area (Å²) in [6.07, 6.45) is 1.52. The first-order valence-electron chi connectivity index (χ1n) is 11.5. The van der Waals surface area contributed by atoms with Crippen molar-refractivity contribution < 1.29 is 14.6 Å². The molecule has 0 saturated carbocycles. The molecule has 2 aromatic heterocycles. The molecule has 33 heavy (non-hydrogen) atoms. The van der Waals surface area contributed by atoms with Crippen LogP contribution in [0.1, 0.15) is 44.8 Å². The molecular formula is C24H27N5O3S. The number of nitrogens with one attached hydrogen (secondary N) is 1. The van der Waals surface area contributed by atoms with Gasteiger partial charge >= 0.3 is 0 Å². The normalized spacial score (nSPS) is 21.9. The number of fused-ring (bicyclic) bond motifs is 5. The van der Waals surface area contributed by atoms with Gasteiger partial charge in [0.15, 0.2) is 5.82 Å². The predicted molar refractivity (Wildman–Crippen MR) is 123 cm³/mol. The highest BCUT2D eigenvalue weighted by Crippen LogP contribution is 2.46. The van der Waals surface area contributed by atoms with Gasteiger partial charge in [-0.05, 0) is 36.5 Å². The summed E-state index contributed by atoms with van der Waals surface area (Å²) < 4.78 is 7.59. The van der Waals surface area contributed by atoms with Crippen molar-refractivity contribution in [2.24, 2.45) is 5.92 Å². The monoisotopic (exact) mass is 465 g/mol. The van der Waals surface area contributed by atoms with Crippen LogP contribution in [0.4, 0.5) is 0 Å². The van der Waals surface area contributed by atoms with Crippen molar-refractivity contribution in [2.45, 2.75) is 39.0 Å². The van der Waals surface area contributed by atoms with Crippen LogP contribution in [0.5, 0.6) is 0 Å². The average molecular weight is 466 g/mol. The van der Waals surface area contributed by atoms with E-state index in [1.807, 2.05) is 30.0 Å². The second-order valence-electron chi connectivity index (χ2n) is 8.94. The van der Waals surface area contributed by atoms with E-state index in [2.05, 4.69) is 26.1 Å². The summed E-state index contributed by atoms with van der Waals surface area (Å²) in [4.78, 5) is 16.5. The number of morpholine rings is 1. The van der Waals surface area contributed by atoms with Gasteiger partial charge in [0.1, 0.15) is 10.8 Å². The molecule has 0 bridgehead atoms. The van der Waals surface area contributed by atoms with Crippen LogP contribution in [-0.4, -0.2) is 57.0 Å². The van der Waals surface area contributed by atoms with Crippen molar-refractivity contribution in [3.8, 4) is 5.00 Å². The van der Waals surface area contributed by atoms with Gasteiger partial charge in [-0.1, -0.05) is 24.3 Å². The fraction of sp³-hybridized carbons (Fsp3) is 0.458. The van der Waals surface area contributed by atoms with E-state index in [-0.39, 0.29) is 24.5 Å². The van der Waals surface area contributed by atoms with E-state index in [1.54, 1.807) is 11.3 Å². The van der Waals surface area contributed by atoms with Crippen LogP contribution in [0, 0.1) is 12.8 Å². The number of benzene rings is 1. The zero-order valence-corrected chi connectivity index (χ0v) is 19.4. The molecule has 6 rings (SSSR count). The highest BCUT2D eigenvalue weighted by atomic mass is 32.1. The number of carbonyl (C=O) groups excluding carboxylic acids is 1. The molecule has 1 saturated heterocycles. The van der Waals surface area contributed by atoms with E-state index in [9.17, 15) is 9.90 Å². The van der Waals surface area contributed by atoms with Crippen molar-refractivity contribution in [1.82, 2.24) is 25.0 Å². The molecule has 2 aliphatic heterocycles. The number of hydrogen-bond donors (Lipinski definition) is 2. The number of thiophene rings is 1. The minimum absolute atomic E-state index is 0.0146. The van der Waals surface area contributed by atoms with Gasteiger partial charge in [0.25, 0.3) is 0 Å². The lowest BCUT2D eigenvalue weighted by molar-refractivity contribution is -0.139. The van der Waals surface area contributed by atoms with Gasteiger partial charge < -0.3 is 14.7 Å². The van der Waals surface area contributed by atoms with Gasteiger partial charge in [-0.25, -0.2) is 0 Å². The van der Waals surface area contributed by atoms with Crippen LogP contribution < -0.4 is 5.32 Å². The standard InChI is InChI=1S/C24H27N5O3S/c1-14-26-27-20-12-25-22(17-5-3-2-4-15(17)13-30)21-18-10-16(11-19(18)33-24(21)29(14)20)23(31)28-6-8-32-9-7-28/h2-5,16,22,25,30H,6-13H2,1H3. The summed E-state index contributed by atoms with van der Waals surface area (Å²) in [5.41, 5.74) is 4.46. The number of aryl methyl sites for hydroxylation is 1. The van der Waals surface area contributed by atoms with E-state index >= 15 is 0 Å². The van der Waals surface area contributed by atoms with Crippen molar-refractivity contribution in [2.75, 3.05) is 26.3 Å². The molecular weight excluding hydrogens is 438 g/mol. The molecule has 172 valence electrons. The average Bonchev–Trinajstić information content (AvgIpc) is 3.49. The molecule has 2 unspecified atom stereocenters. The number of amides is 1. The Morgan fingerprint density at radius 3 is 2.88 bits per heavy atom. The number of aromatic nitrogens is 3. The second kappa shape index (κ2) is 8.32. The topological polar surface area (TPSA) is 92.5 Å². The summed E-state index contributed by atoms with van der Waals surface area (Å²) in [5, 5.41) is 23.6. The number of rotatable bonds is 3. The summed E-state index contributed by atoms with van der Waals surface area (Å²) in [7, 11) is 0. The van der Waals surface area contributed by atoms with Gasteiger partial charge in [-0.15, -0.1) is 21.5 Å². The van der Waals surface area contributed by atoms with Crippen LogP contribution in [0.25, 0.3) is 5.00 Å². The minimum Gasteiger partial charge on any atom is -0.392 e. The van der Waals surface area contributed by atoms with E-state index in [0.29, 0.717) is 32.8 Å². The summed E-state index contributed by atoms with van der Waals surface area (Å²) in [5.74, 6) is 1.97. The maximum atomic E-state index is 13.3. The molecule has 0 spiro atoms. The third-order valence-corrected chi connectivity index (χ3v) is 8.31. The van der Waals surface area contributed by atoms with Crippen LogP contribution in [-0.2, 0) is 35.5 Å². The fourth-order valence-corrected chi connectivity index (χ4v) is 6.94. The third-order valence-electron chi connectivity index (χ3n) is 7.05. The largest absolute Gasteiger partial charge is 0.392 e. The lowest BCUT2D eigenvalue weighted by Crippen LogP contribution is -2.44. The summed E-state index contributed by atoms with van der Waals surface area (Å²) >= 11 is 1.76. The first-order chi connectivity index (χ1) is 16.2. The van der Waals surface area contributed by atoms with Gasteiger partial charge in [-0.2, -0.15) is 0 Å². The maximum absolute atomic E-state index is 13.3. The van der Waals surface area contributed by atoms with E-state index in [0.717, 1.165) is 40.6 Å². The van der Waals surface area contributed by atoms with Gasteiger partial charge in [-0.3, -0.25) is 14.7 Å². The fourth-order valence-electron chi connectivity index (χ4n) is 5.43. The Labute approximate surface area is 196 Å². The van der Waals surface area contributed by atoms with Crippen LogP contribution in [0.3, 0.4) is 0 Å². The molecule has 1 amide bonds. The van der Waals surface area contributed by atoms with Crippen LogP contribution >= 0.6 is 11.3 Å². The first kappa shape index (κ1) is 21.0. The maximum Gasteiger partial charge on any atom is 0.226 e. The smallest absolute Gasteiger partial charge is 0.226 e. The number of ether oxygens (including phenoxy) is 1. The highest BCUT2D eigenvalue weighted by Gasteiger charge is 2.39. The number of aliphatic hydroxyl groups excluding tert-OH is 1. The molecule has 3 aliphatic rings. The van der Waals surface area contributed by atoms with Crippen molar-refractivity contribution >= 4 is 17.2 Å². The Balaban J connectivity index is 1.43. The lowest BCUT2D eigenvalue weighted by Gasteiger charge is -2.29. The Hall–Kier alpha value is -2.59.